The van der Waals surface area contributed by atoms with Crippen LogP contribution < -0.4 is 0 Å². The first kappa shape index (κ1) is 21.7. The molecule has 0 radical (unpaired) electrons. The van der Waals surface area contributed by atoms with Crippen LogP contribution in [0.2, 0.25) is 0 Å². The third-order valence-corrected chi connectivity index (χ3v) is 10.5. The van der Waals surface area contributed by atoms with Gasteiger partial charge in [0, 0.05) is 0 Å². The number of fused-ring (bicyclic) bond motifs is 2. The summed E-state index contributed by atoms with van der Waals surface area (Å²) < 4.78 is 26.6. The fraction of sp³-hybridized carbons (Fsp3) is 0.826. The Kier molecular flexibility index (Phi) is 8.44. The maximum absolute atomic E-state index is 13.7. The lowest BCUT2D eigenvalue weighted by Gasteiger charge is -2.32. The van der Waals surface area contributed by atoms with Crippen LogP contribution in [0.15, 0.2) is 25.3 Å². The highest BCUT2D eigenvalue weighted by Gasteiger charge is 2.61. The average molecular weight is 381 g/mol. The minimum atomic E-state index is -3.02. The molecule has 2 rings (SSSR count). The highest BCUT2D eigenvalue weighted by molar-refractivity contribution is 7.94. The molecule has 26 heavy (non-hydrogen) atoms. The van der Waals surface area contributed by atoms with Crippen molar-refractivity contribution in [2.45, 2.75) is 119 Å². The monoisotopic (exact) mass is 380 g/mol. The zero-order chi connectivity index (χ0) is 18.9. The van der Waals surface area contributed by atoms with Crippen molar-refractivity contribution in [1.29, 1.82) is 0 Å². The summed E-state index contributed by atoms with van der Waals surface area (Å²) in [7, 11) is -3.02. The van der Waals surface area contributed by atoms with Crippen LogP contribution >= 0.6 is 0 Å². The molecule has 150 valence electrons. The first-order chi connectivity index (χ1) is 12.5. The first-order valence-electron chi connectivity index (χ1n) is 11.0. The molecule has 0 N–H and O–H groups in total. The Hall–Kier alpha value is -0.570. The van der Waals surface area contributed by atoms with E-state index in [1.807, 2.05) is 12.2 Å². The predicted octanol–water partition coefficient (Wildman–Crippen LogP) is 6.91. The van der Waals surface area contributed by atoms with Gasteiger partial charge >= 0.3 is 0 Å². The number of allylic oxidation sites excluding steroid dienone is 2. The molecule has 0 aromatic heterocycles. The molecule has 3 heteroatoms. The Morgan fingerprint density at radius 3 is 1.54 bits per heavy atom. The number of unbranched alkanes of at least 4 members (excludes halogenated alkanes) is 7. The van der Waals surface area contributed by atoms with Gasteiger partial charge in [-0.1, -0.05) is 57.1 Å². The molecular weight excluding hydrogens is 340 g/mol. The lowest BCUT2D eigenvalue weighted by Crippen LogP contribution is -2.43. The van der Waals surface area contributed by atoms with E-state index in [1.165, 1.54) is 19.3 Å². The second-order valence-electron chi connectivity index (χ2n) is 8.71. The molecule has 0 aliphatic carbocycles. The maximum atomic E-state index is 13.7. The standard InChI is InChI=1S/C23H40O2S/c1-3-5-7-9-11-13-17-23-19-15-14-18-22(20-21-23,26(23,24)25)16-12-10-8-6-4-2/h3-4H,1-2,5-21H2. The Morgan fingerprint density at radius 1 is 0.654 bits per heavy atom. The van der Waals surface area contributed by atoms with Crippen molar-refractivity contribution < 1.29 is 8.42 Å². The first-order valence-corrected chi connectivity index (χ1v) is 12.5. The Morgan fingerprint density at radius 2 is 1.08 bits per heavy atom. The smallest absolute Gasteiger partial charge is 0.161 e. The molecule has 0 aromatic carbocycles. The van der Waals surface area contributed by atoms with Gasteiger partial charge in [0.25, 0.3) is 0 Å². The molecule has 2 aliphatic heterocycles. The summed E-state index contributed by atoms with van der Waals surface area (Å²) in [5.74, 6) is 0. The van der Waals surface area contributed by atoms with Crippen LogP contribution in [0.1, 0.15) is 109 Å². The third kappa shape index (κ3) is 4.64. The lowest BCUT2D eigenvalue weighted by atomic mass is 9.81. The van der Waals surface area contributed by atoms with Crippen molar-refractivity contribution in [2.24, 2.45) is 0 Å². The Bertz CT molecular complexity index is 551. The van der Waals surface area contributed by atoms with Gasteiger partial charge in [0.05, 0.1) is 9.49 Å². The van der Waals surface area contributed by atoms with Gasteiger partial charge in [-0.25, -0.2) is 8.42 Å². The summed E-state index contributed by atoms with van der Waals surface area (Å²) in [4.78, 5) is 0. The molecule has 2 bridgehead atoms. The predicted molar refractivity (Wildman–Crippen MR) is 113 cm³/mol. The quantitative estimate of drug-likeness (QED) is 0.257. The van der Waals surface area contributed by atoms with Gasteiger partial charge in [0.1, 0.15) is 0 Å². The fourth-order valence-electron chi connectivity index (χ4n) is 5.37. The van der Waals surface area contributed by atoms with Gasteiger partial charge in [-0.3, -0.25) is 0 Å². The largest absolute Gasteiger partial charge is 0.228 e. The number of rotatable bonds is 13. The minimum absolute atomic E-state index is 0.386. The summed E-state index contributed by atoms with van der Waals surface area (Å²) >= 11 is 0. The summed E-state index contributed by atoms with van der Waals surface area (Å²) in [5, 5.41) is 0. The Balaban J connectivity index is 1.97. The Labute approximate surface area is 162 Å². The van der Waals surface area contributed by atoms with Crippen LogP contribution in [0.5, 0.6) is 0 Å². The molecule has 2 atom stereocenters. The topological polar surface area (TPSA) is 34.1 Å². The molecular formula is C23H40O2S. The summed E-state index contributed by atoms with van der Waals surface area (Å²) in [5.41, 5.74) is 0. The van der Waals surface area contributed by atoms with Gasteiger partial charge in [-0.05, 0) is 64.2 Å². The van der Waals surface area contributed by atoms with E-state index in [0.29, 0.717) is 0 Å². The number of sulfone groups is 1. The minimum Gasteiger partial charge on any atom is -0.228 e. The van der Waals surface area contributed by atoms with E-state index in [1.54, 1.807) is 0 Å². The van der Waals surface area contributed by atoms with E-state index < -0.39 is 9.84 Å². The second-order valence-corrected chi connectivity index (χ2v) is 11.4. The van der Waals surface area contributed by atoms with Crippen molar-refractivity contribution >= 4 is 9.84 Å². The molecule has 0 aromatic rings. The molecule has 0 saturated carbocycles. The van der Waals surface area contributed by atoms with Crippen LogP contribution in [-0.4, -0.2) is 17.9 Å². The van der Waals surface area contributed by atoms with Gasteiger partial charge in [0.2, 0.25) is 0 Å². The number of hydrogen-bond donors (Lipinski definition) is 0. The summed E-state index contributed by atoms with van der Waals surface area (Å²) in [6.07, 6.45) is 21.8. The van der Waals surface area contributed by atoms with Gasteiger partial charge < -0.3 is 0 Å². The molecule has 2 unspecified atom stereocenters. The highest BCUT2D eigenvalue weighted by atomic mass is 32.2. The summed E-state index contributed by atoms with van der Waals surface area (Å²) in [6, 6.07) is 0. The van der Waals surface area contributed by atoms with Crippen molar-refractivity contribution in [3.8, 4) is 0 Å². The molecule has 2 saturated heterocycles. The average Bonchev–Trinajstić information content (AvgIpc) is 2.75. The van der Waals surface area contributed by atoms with E-state index in [2.05, 4.69) is 13.2 Å². The van der Waals surface area contributed by atoms with Crippen LogP contribution in [0.25, 0.3) is 0 Å². The van der Waals surface area contributed by atoms with E-state index in [9.17, 15) is 8.42 Å². The van der Waals surface area contributed by atoms with Crippen molar-refractivity contribution in [3.05, 3.63) is 25.3 Å². The highest BCUT2D eigenvalue weighted by Crippen LogP contribution is 2.56. The van der Waals surface area contributed by atoms with Crippen LogP contribution in [0.4, 0.5) is 0 Å². The van der Waals surface area contributed by atoms with Crippen LogP contribution in [0, 0.1) is 0 Å². The van der Waals surface area contributed by atoms with Crippen LogP contribution in [0.3, 0.4) is 0 Å². The van der Waals surface area contributed by atoms with Crippen molar-refractivity contribution in [1.82, 2.24) is 0 Å². The van der Waals surface area contributed by atoms with E-state index in [0.717, 1.165) is 89.9 Å². The fourth-order valence-corrected chi connectivity index (χ4v) is 8.68. The molecule has 2 fully saturated rings. The molecule has 0 amide bonds. The molecule has 2 heterocycles. The normalized spacial score (nSPS) is 30.0. The van der Waals surface area contributed by atoms with Gasteiger partial charge in [0.15, 0.2) is 9.84 Å². The second kappa shape index (κ2) is 10.1. The SMILES string of the molecule is C=CCCCCCCC12CCCCC(CCCCCC=C)(CC1)S2(=O)=O. The summed E-state index contributed by atoms with van der Waals surface area (Å²) in [6.45, 7) is 7.56. The van der Waals surface area contributed by atoms with Crippen molar-refractivity contribution in [3.63, 3.8) is 0 Å². The van der Waals surface area contributed by atoms with Crippen molar-refractivity contribution in [2.75, 3.05) is 0 Å². The van der Waals surface area contributed by atoms with E-state index in [4.69, 9.17) is 0 Å². The van der Waals surface area contributed by atoms with Gasteiger partial charge in [-0.2, -0.15) is 0 Å². The van der Waals surface area contributed by atoms with Crippen LogP contribution in [-0.2, 0) is 9.84 Å². The molecule has 2 aliphatic rings. The lowest BCUT2D eigenvalue weighted by molar-refractivity contribution is 0.368. The molecule has 2 nitrogen and oxygen atoms in total. The van der Waals surface area contributed by atoms with E-state index in [-0.39, 0.29) is 9.49 Å². The molecule has 0 spiro atoms. The zero-order valence-corrected chi connectivity index (χ0v) is 17.6. The zero-order valence-electron chi connectivity index (χ0n) is 16.8. The van der Waals surface area contributed by atoms with Gasteiger partial charge in [-0.15, -0.1) is 13.2 Å². The maximum Gasteiger partial charge on any atom is 0.161 e. The number of hydrogen-bond acceptors (Lipinski definition) is 2. The third-order valence-electron chi connectivity index (χ3n) is 7.02. The van der Waals surface area contributed by atoms with E-state index >= 15 is 0 Å².